The molecule has 3 heterocycles. The molecule has 0 N–H and O–H groups in total. The fourth-order valence-corrected chi connectivity index (χ4v) is 8.44. The molecule has 0 saturated heterocycles. The van der Waals surface area contributed by atoms with Gasteiger partial charge in [-0.25, -0.2) is 0 Å². The van der Waals surface area contributed by atoms with Crippen LogP contribution in [0.2, 0.25) is 0 Å². The third-order valence-electron chi connectivity index (χ3n) is 7.29. The smallest absolute Gasteiger partial charge is 0.130 e. The Balaban J connectivity index is 1.27. The van der Waals surface area contributed by atoms with E-state index in [4.69, 9.17) is 9.47 Å². The molecule has 0 amide bonds. The zero-order valence-electron chi connectivity index (χ0n) is 20.9. The number of para-hydroxylation sites is 2. The van der Waals surface area contributed by atoms with Crippen LogP contribution in [-0.2, 0) is 12.8 Å². The molecule has 0 radical (unpaired) electrons. The van der Waals surface area contributed by atoms with Gasteiger partial charge < -0.3 is 19.3 Å². The third kappa shape index (κ3) is 4.19. The number of fused-ring (bicyclic) bond motifs is 2. The number of aryl methyl sites for hydroxylation is 3. The molecule has 0 aliphatic carbocycles. The van der Waals surface area contributed by atoms with Crippen molar-refractivity contribution in [2.75, 3.05) is 37.5 Å². The Bertz CT molecular complexity index is 1220. The van der Waals surface area contributed by atoms with Crippen molar-refractivity contribution < 1.29 is 9.47 Å². The van der Waals surface area contributed by atoms with Crippen molar-refractivity contribution in [2.45, 2.75) is 33.6 Å². The molecule has 0 saturated carbocycles. The normalized spacial score (nSPS) is 16.0. The van der Waals surface area contributed by atoms with E-state index in [1.54, 1.807) is 0 Å². The van der Waals surface area contributed by atoms with Crippen LogP contribution in [0.3, 0.4) is 0 Å². The van der Waals surface area contributed by atoms with Gasteiger partial charge in [-0.2, -0.15) is 0 Å². The maximum atomic E-state index is 6.17. The summed E-state index contributed by atoms with van der Waals surface area (Å²) in [4.78, 5) is 4.83. The molecule has 3 aliphatic heterocycles. The summed E-state index contributed by atoms with van der Waals surface area (Å²) in [6.07, 6.45) is 7.58. The van der Waals surface area contributed by atoms with Gasteiger partial charge in [0.05, 0.1) is 19.9 Å². The van der Waals surface area contributed by atoms with E-state index in [-0.39, 0.29) is 0 Å². The standard InChI is InChI=1S/C30H33N2O2P/c1-21-18-22(2)28(23(3)19-21)32-13-12-31(20-32)14-17-35(26-8-4-6-24-10-15-33-29(24)26)27-9-5-7-25-11-16-34-30(25)27/h4-9,12-13,18-19H,10-11,14-17,20H2,1-3H3. The Morgan fingerprint density at radius 2 is 1.40 bits per heavy atom. The van der Waals surface area contributed by atoms with Crippen molar-refractivity contribution in [1.29, 1.82) is 0 Å². The molecule has 35 heavy (non-hydrogen) atoms. The number of hydrogen-bond acceptors (Lipinski definition) is 4. The predicted octanol–water partition coefficient (Wildman–Crippen LogP) is 5.17. The van der Waals surface area contributed by atoms with Crippen molar-refractivity contribution in [3.8, 4) is 11.5 Å². The van der Waals surface area contributed by atoms with Gasteiger partial charge in [-0.3, -0.25) is 0 Å². The van der Waals surface area contributed by atoms with Crippen molar-refractivity contribution in [3.05, 3.63) is 88.7 Å². The van der Waals surface area contributed by atoms with Crippen molar-refractivity contribution in [1.82, 2.24) is 4.90 Å². The quantitative estimate of drug-likeness (QED) is 0.451. The number of anilines is 1. The van der Waals surface area contributed by atoms with E-state index < -0.39 is 7.92 Å². The molecular formula is C30H33N2O2P. The monoisotopic (exact) mass is 484 g/mol. The summed E-state index contributed by atoms with van der Waals surface area (Å²) in [5.74, 6) is 2.25. The minimum absolute atomic E-state index is 0.602. The summed E-state index contributed by atoms with van der Waals surface area (Å²) >= 11 is 0. The fraction of sp³-hybridized carbons (Fsp3) is 0.333. The van der Waals surface area contributed by atoms with Crippen LogP contribution >= 0.6 is 7.92 Å². The van der Waals surface area contributed by atoms with Crippen LogP contribution in [-0.4, -0.2) is 37.5 Å². The first kappa shape index (κ1) is 22.5. The molecule has 5 heteroatoms. The molecule has 4 nitrogen and oxygen atoms in total. The lowest BCUT2D eigenvalue weighted by Gasteiger charge is -2.27. The lowest BCUT2D eigenvalue weighted by atomic mass is 10.0. The van der Waals surface area contributed by atoms with Crippen LogP contribution in [0.5, 0.6) is 11.5 Å². The molecule has 3 aromatic carbocycles. The fourth-order valence-electron chi connectivity index (χ4n) is 5.80. The van der Waals surface area contributed by atoms with Gasteiger partial charge in [-0.05, 0) is 57.1 Å². The second-order valence-electron chi connectivity index (χ2n) is 9.85. The summed E-state index contributed by atoms with van der Waals surface area (Å²) in [5.41, 5.74) is 8.03. The summed E-state index contributed by atoms with van der Waals surface area (Å²) < 4.78 is 12.3. The first-order chi connectivity index (χ1) is 17.1. The van der Waals surface area contributed by atoms with Crippen LogP contribution in [0.1, 0.15) is 27.8 Å². The van der Waals surface area contributed by atoms with Gasteiger partial charge in [0.2, 0.25) is 0 Å². The predicted molar refractivity (Wildman–Crippen MR) is 146 cm³/mol. The molecule has 0 aromatic heterocycles. The minimum atomic E-state index is -0.602. The van der Waals surface area contributed by atoms with Crippen molar-refractivity contribution >= 4 is 24.2 Å². The number of hydrogen-bond donors (Lipinski definition) is 0. The van der Waals surface area contributed by atoms with Crippen LogP contribution in [0.25, 0.3) is 0 Å². The largest absolute Gasteiger partial charge is 0.492 e. The van der Waals surface area contributed by atoms with E-state index in [9.17, 15) is 0 Å². The molecular weight excluding hydrogens is 451 g/mol. The zero-order valence-corrected chi connectivity index (χ0v) is 21.8. The van der Waals surface area contributed by atoms with Crippen molar-refractivity contribution in [2.24, 2.45) is 0 Å². The molecule has 3 aromatic rings. The molecule has 0 unspecified atom stereocenters. The summed E-state index contributed by atoms with van der Waals surface area (Å²) in [6.45, 7) is 10.1. The second-order valence-corrected chi connectivity index (χ2v) is 12.1. The Kier molecular flexibility index (Phi) is 5.94. The van der Waals surface area contributed by atoms with Gasteiger partial charge in [0.25, 0.3) is 0 Å². The van der Waals surface area contributed by atoms with Gasteiger partial charge in [-0.15, -0.1) is 0 Å². The average Bonchev–Trinajstić information content (AvgIpc) is 3.59. The van der Waals surface area contributed by atoms with Gasteiger partial charge in [-0.1, -0.05) is 54.1 Å². The first-order valence-corrected chi connectivity index (χ1v) is 14.1. The highest BCUT2D eigenvalue weighted by molar-refractivity contribution is 7.73. The molecule has 0 spiro atoms. The molecule has 0 bridgehead atoms. The molecule has 6 rings (SSSR count). The highest BCUT2D eigenvalue weighted by Gasteiger charge is 2.29. The summed E-state index contributed by atoms with van der Waals surface area (Å²) in [5, 5.41) is 2.73. The molecule has 0 fully saturated rings. The summed E-state index contributed by atoms with van der Waals surface area (Å²) in [6, 6.07) is 18.0. The second kappa shape index (κ2) is 9.24. The number of benzene rings is 3. The minimum Gasteiger partial charge on any atom is -0.492 e. The van der Waals surface area contributed by atoms with E-state index in [1.165, 1.54) is 44.1 Å². The zero-order chi connectivity index (χ0) is 23.9. The Labute approximate surface area is 209 Å². The number of ether oxygens (including phenoxy) is 2. The Morgan fingerprint density at radius 3 is 2.00 bits per heavy atom. The van der Waals surface area contributed by atoms with E-state index in [0.717, 1.165) is 56.9 Å². The maximum absolute atomic E-state index is 6.17. The Morgan fingerprint density at radius 1 is 0.800 bits per heavy atom. The van der Waals surface area contributed by atoms with Crippen LogP contribution in [0, 0.1) is 20.8 Å². The third-order valence-corrected chi connectivity index (χ3v) is 9.81. The lowest BCUT2D eigenvalue weighted by Crippen LogP contribution is -2.29. The topological polar surface area (TPSA) is 24.9 Å². The van der Waals surface area contributed by atoms with Gasteiger partial charge >= 0.3 is 0 Å². The van der Waals surface area contributed by atoms with Gasteiger partial charge in [0, 0.05) is 48.1 Å². The van der Waals surface area contributed by atoms with Crippen molar-refractivity contribution in [3.63, 3.8) is 0 Å². The van der Waals surface area contributed by atoms with E-state index >= 15 is 0 Å². The van der Waals surface area contributed by atoms with Crippen LogP contribution in [0.15, 0.2) is 60.9 Å². The summed E-state index contributed by atoms with van der Waals surface area (Å²) in [7, 11) is -0.602. The maximum Gasteiger partial charge on any atom is 0.130 e. The average molecular weight is 485 g/mol. The number of nitrogens with zero attached hydrogens (tertiary/aromatic N) is 2. The van der Waals surface area contributed by atoms with Crippen LogP contribution < -0.4 is 25.0 Å². The van der Waals surface area contributed by atoms with Gasteiger partial charge in [0.15, 0.2) is 0 Å². The highest BCUT2D eigenvalue weighted by Crippen LogP contribution is 2.44. The van der Waals surface area contributed by atoms with Gasteiger partial charge in [0.1, 0.15) is 11.5 Å². The molecule has 0 atom stereocenters. The van der Waals surface area contributed by atoms with Crippen LogP contribution in [0.4, 0.5) is 5.69 Å². The van der Waals surface area contributed by atoms with E-state index in [0.29, 0.717) is 0 Å². The lowest BCUT2D eigenvalue weighted by molar-refractivity contribution is 0.358. The SMILES string of the molecule is Cc1cc(C)c(N2C=CN(CCP(c3cccc4c3OCC4)c3cccc4c3OCC4)C2)c(C)c1. The highest BCUT2D eigenvalue weighted by atomic mass is 31.1. The van der Waals surface area contributed by atoms with E-state index in [2.05, 4.69) is 91.5 Å². The van der Waals surface area contributed by atoms with E-state index in [1.807, 2.05) is 0 Å². The number of rotatable bonds is 6. The first-order valence-electron chi connectivity index (χ1n) is 12.6. The molecule has 180 valence electrons. The molecule has 3 aliphatic rings. The Hall–Kier alpha value is -2.97.